The topological polar surface area (TPSA) is 94.1 Å². The molecule has 0 atom stereocenters. The third kappa shape index (κ3) is 4.77. The van der Waals surface area contributed by atoms with E-state index in [0.717, 1.165) is 29.2 Å². The lowest BCUT2D eigenvalue weighted by Crippen LogP contribution is -2.14. The van der Waals surface area contributed by atoms with Crippen molar-refractivity contribution in [2.24, 2.45) is 0 Å². The molecule has 1 N–H and O–H groups in total. The quantitative estimate of drug-likeness (QED) is 0.371. The first kappa shape index (κ1) is 21.4. The van der Waals surface area contributed by atoms with Crippen LogP contribution in [0.25, 0.3) is 11.1 Å². The largest absolute Gasteiger partial charge is 0.455 e. The third-order valence-corrected chi connectivity index (χ3v) is 6.61. The molecule has 7 nitrogen and oxygen atoms in total. The molecule has 0 aliphatic carbocycles. The van der Waals surface area contributed by atoms with Crippen molar-refractivity contribution < 1.29 is 17.5 Å². The van der Waals surface area contributed by atoms with Gasteiger partial charge < -0.3 is 4.74 Å². The Bertz CT molecular complexity index is 1340. The lowest BCUT2D eigenvalue weighted by Gasteiger charge is -2.14. The minimum Gasteiger partial charge on any atom is -0.455 e. The summed E-state index contributed by atoms with van der Waals surface area (Å²) in [6.07, 6.45) is 4.39. The number of hydrogen-bond acceptors (Lipinski definition) is 7. The fourth-order valence-electron chi connectivity index (χ4n) is 2.65. The highest BCUT2D eigenvalue weighted by Gasteiger charge is 2.23. The number of halogens is 3. The predicted molar refractivity (Wildman–Crippen MR) is 117 cm³/mol. The van der Waals surface area contributed by atoms with Gasteiger partial charge in [-0.15, -0.1) is 0 Å². The first-order chi connectivity index (χ1) is 14.8. The Morgan fingerprint density at radius 1 is 1.03 bits per heavy atom. The molecule has 0 saturated heterocycles. The summed E-state index contributed by atoms with van der Waals surface area (Å²) in [6, 6.07) is 10.3. The van der Waals surface area contributed by atoms with Crippen molar-refractivity contribution in [3.05, 3.63) is 77.0 Å². The Hall–Kier alpha value is -2.79. The molecule has 2 heterocycles. The number of benzene rings is 2. The van der Waals surface area contributed by atoms with E-state index in [1.165, 1.54) is 6.33 Å². The zero-order chi connectivity index (χ0) is 22.0. The molecule has 0 fully saturated rings. The number of rotatable bonds is 6. The van der Waals surface area contributed by atoms with Crippen LogP contribution < -0.4 is 9.46 Å². The van der Waals surface area contributed by atoms with Gasteiger partial charge in [-0.05, 0) is 42.0 Å². The van der Waals surface area contributed by atoms with Gasteiger partial charge in [0.25, 0.3) is 10.0 Å². The Morgan fingerprint density at radius 3 is 2.52 bits per heavy atom. The van der Waals surface area contributed by atoms with E-state index in [1.54, 1.807) is 42.7 Å². The van der Waals surface area contributed by atoms with E-state index in [1.807, 2.05) is 0 Å². The number of sulfonamides is 1. The van der Waals surface area contributed by atoms with Crippen LogP contribution in [0.5, 0.6) is 11.5 Å². The number of hydrogen-bond donors (Lipinski definition) is 1. The first-order valence-corrected chi connectivity index (χ1v) is 11.5. The van der Waals surface area contributed by atoms with Crippen molar-refractivity contribution >= 4 is 49.9 Å². The third-order valence-electron chi connectivity index (χ3n) is 4.01. The Labute approximate surface area is 190 Å². The van der Waals surface area contributed by atoms with E-state index in [2.05, 4.69) is 19.1 Å². The summed E-state index contributed by atoms with van der Waals surface area (Å²) in [4.78, 5) is 7.05. The number of nitrogens with zero attached hydrogens (tertiary/aromatic N) is 3. The Morgan fingerprint density at radius 2 is 1.81 bits per heavy atom. The summed E-state index contributed by atoms with van der Waals surface area (Å²) in [5.74, 6) is -0.762. The summed E-state index contributed by atoms with van der Waals surface area (Å²) >= 11 is 13.2. The second-order valence-electron chi connectivity index (χ2n) is 6.04. The highest BCUT2D eigenvalue weighted by atomic mass is 35.5. The zero-order valence-corrected chi connectivity index (χ0v) is 18.4. The maximum Gasteiger partial charge on any atom is 0.266 e. The summed E-state index contributed by atoms with van der Waals surface area (Å²) < 4.78 is 51.4. The van der Waals surface area contributed by atoms with Crippen LogP contribution in [0.2, 0.25) is 10.0 Å². The predicted octanol–water partition coefficient (Wildman–Crippen LogP) is 5.64. The molecule has 12 heteroatoms. The van der Waals surface area contributed by atoms with Crippen LogP contribution in [-0.2, 0) is 10.0 Å². The molecule has 0 aliphatic heterocycles. The van der Waals surface area contributed by atoms with Crippen molar-refractivity contribution in [1.82, 2.24) is 14.3 Å². The SMILES string of the molecule is O=S(=O)(Nc1ncns1)c1cc(Cl)c(Oc2ccc(Cl)cc2-c2ccncc2)cc1F. The van der Waals surface area contributed by atoms with Crippen LogP contribution in [0.3, 0.4) is 0 Å². The molecule has 4 rings (SSSR count). The summed E-state index contributed by atoms with van der Waals surface area (Å²) in [5.41, 5.74) is 1.39. The monoisotopic (exact) mass is 496 g/mol. The first-order valence-electron chi connectivity index (χ1n) is 8.50. The molecule has 0 bridgehead atoms. The number of anilines is 1. The molecular weight excluding hydrogens is 486 g/mol. The normalized spacial score (nSPS) is 11.3. The molecule has 2 aromatic heterocycles. The molecular formula is C19H11Cl2FN4O3S2. The highest BCUT2D eigenvalue weighted by molar-refractivity contribution is 7.93. The lowest BCUT2D eigenvalue weighted by atomic mass is 10.1. The van der Waals surface area contributed by atoms with Crippen molar-refractivity contribution in [3.63, 3.8) is 0 Å². The van der Waals surface area contributed by atoms with E-state index in [4.69, 9.17) is 27.9 Å². The molecule has 0 unspecified atom stereocenters. The van der Waals surface area contributed by atoms with Gasteiger partial charge in [-0.1, -0.05) is 23.2 Å². The van der Waals surface area contributed by atoms with E-state index < -0.39 is 20.7 Å². The number of aromatic nitrogens is 3. The average Bonchev–Trinajstić information content (AvgIpc) is 3.24. The highest BCUT2D eigenvalue weighted by Crippen LogP contribution is 2.39. The molecule has 4 aromatic rings. The van der Waals surface area contributed by atoms with Gasteiger partial charge in [0, 0.05) is 40.6 Å². The van der Waals surface area contributed by atoms with Gasteiger partial charge in [-0.2, -0.15) is 4.37 Å². The summed E-state index contributed by atoms with van der Waals surface area (Å²) in [5, 5.41) is 0.370. The number of pyridine rings is 1. The molecule has 0 radical (unpaired) electrons. The molecule has 158 valence electrons. The van der Waals surface area contributed by atoms with Gasteiger partial charge in [0.2, 0.25) is 5.13 Å². The van der Waals surface area contributed by atoms with Gasteiger partial charge >= 0.3 is 0 Å². The number of ether oxygens (including phenoxy) is 1. The van der Waals surface area contributed by atoms with Crippen molar-refractivity contribution in [3.8, 4) is 22.6 Å². The number of nitrogens with one attached hydrogen (secondary N) is 1. The van der Waals surface area contributed by atoms with E-state index >= 15 is 0 Å². The van der Waals surface area contributed by atoms with Crippen molar-refractivity contribution in [2.45, 2.75) is 4.90 Å². The molecule has 31 heavy (non-hydrogen) atoms. The van der Waals surface area contributed by atoms with Crippen LogP contribution >= 0.6 is 34.7 Å². The smallest absolute Gasteiger partial charge is 0.266 e. The fourth-order valence-corrected chi connectivity index (χ4v) is 4.84. The Kier molecular flexibility index (Phi) is 6.05. The molecule has 0 aliphatic rings. The van der Waals surface area contributed by atoms with Gasteiger partial charge in [-0.3, -0.25) is 9.71 Å². The summed E-state index contributed by atoms with van der Waals surface area (Å²) in [7, 11) is -4.26. The van der Waals surface area contributed by atoms with Gasteiger partial charge in [0.1, 0.15) is 28.5 Å². The minimum absolute atomic E-state index is 0.000920. The second kappa shape index (κ2) is 8.75. The lowest BCUT2D eigenvalue weighted by molar-refractivity contribution is 0.475. The van der Waals surface area contributed by atoms with Crippen LogP contribution in [0.4, 0.5) is 9.52 Å². The van der Waals surface area contributed by atoms with E-state index in [0.29, 0.717) is 16.3 Å². The van der Waals surface area contributed by atoms with Crippen molar-refractivity contribution in [1.29, 1.82) is 0 Å². The molecule has 0 saturated carbocycles. The zero-order valence-electron chi connectivity index (χ0n) is 15.3. The Balaban J connectivity index is 1.69. The standard InChI is InChI=1S/C19H11Cl2FN4O3S2/c20-12-1-2-16(13(7-12)11-3-5-23-6-4-11)29-17-9-15(22)18(8-14(17)21)31(27,28)26-19-24-10-25-30-19/h1-10H,(H,24,25,26). The van der Waals surface area contributed by atoms with Crippen LogP contribution in [0.1, 0.15) is 0 Å². The van der Waals surface area contributed by atoms with Crippen LogP contribution in [0.15, 0.2) is 66.1 Å². The molecule has 0 amide bonds. The maximum absolute atomic E-state index is 14.7. The van der Waals surface area contributed by atoms with Gasteiger partial charge in [0.15, 0.2) is 0 Å². The maximum atomic E-state index is 14.7. The van der Waals surface area contributed by atoms with Crippen LogP contribution in [0, 0.1) is 5.82 Å². The van der Waals surface area contributed by atoms with Gasteiger partial charge in [-0.25, -0.2) is 17.8 Å². The van der Waals surface area contributed by atoms with Gasteiger partial charge in [0.05, 0.1) is 5.02 Å². The fraction of sp³-hybridized carbons (Fsp3) is 0. The molecule has 2 aromatic carbocycles. The molecule has 0 spiro atoms. The minimum atomic E-state index is -4.26. The van der Waals surface area contributed by atoms with E-state index in [-0.39, 0.29) is 15.9 Å². The second-order valence-corrected chi connectivity index (χ2v) is 9.32. The van der Waals surface area contributed by atoms with Crippen LogP contribution in [-0.4, -0.2) is 22.8 Å². The van der Waals surface area contributed by atoms with E-state index in [9.17, 15) is 12.8 Å². The van der Waals surface area contributed by atoms with Crippen molar-refractivity contribution in [2.75, 3.05) is 4.72 Å². The summed E-state index contributed by atoms with van der Waals surface area (Å²) in [6.45, 7) is 0. The average molecular weight is 497 g/mol.